The van der Waals surface area contributed by atoms with E-state index in [2.05, 4.69) is 54.9 Å². The van der Waals surface area contributed by atoms with Gasteiger partial charge in [0.25, 0.3) is 0 Å². The normalized spacial score (nSPS) is 17.9. The number of benzene rings is 1. The molecule has 0 aliphatic carbocycles. The van der Waals surface area contributed by atoms with Crippen molar-refractivity contribution in [2.45, 2.75) is 39.4 Å². The SMILES string of the molecule is Cc1cnc(N2CCc3cccc(N4CCN(C(=O)Cn5cnc6cccnc65)[C@H](C)C4)c3C2)nc1. The van der Waals surface area contributed by atoms with Crippen LogP contribution in [0.25, 0.3) is 11.2 Å². The number of fused-ring (bicyclic) bond motifs is 2. The lowest BCUT2D eigenvalue weighted by atomic mass is 9.96. The third-order valence-corrected chi connectivity index (χ3v) is 7.27. The number of hydrogen-bond acceptors (Lipinski definition) is 7. The fourth-order valence-electron chi connectivity index (χ4n) is 5.38. The van der Waals surface area contributed by atoms with Crippen molar-refractivity contribution in [3.05, 3.63) is 71.9 Å². The van der Waals surface area contributed by atoms with Gasteiger partial charge < -0.3 is 19.3 Å². The summed E-state index contributed by atoms with van der Waals surface area (Å²) in [7, 11) is 0. The monoisotopic (exact) mass is 482 g/mol. The molecule has 1 saturated heterocycles. The van der Waals surface area contributed by atoms with Gasteiger partial charge in [0.2, 0.25) is 11.9 Å². The number of carbonyl (C=O) groups excluding carboxylic acids is 1. The minimum absolute atomic E-state index is 0.102. The van der Waals surface area contributed by atoms with E-state index in [-0.39, 0.29) is 18.5 Å². The van der Waals surface area contributed by atoms with E-state index >= 15 is 0 Å². The van der Waals surface area contributed by atoms with Gasteiger partial charge in [-0.05, 0) is 55.2 Å². The smallest absolute Gasteiger partial charge is 0.242 e. The Hall–Kier alpha value is -4.01. The molecule has 2 aliphatic heterocycles. The van der Waals surface area contributed by atoms with Gasteiger partial charge in [0, 0.05) is 63.0 Å². The first-order chi connectivity index (χ1) is 17.6. The van der Waals surface area contributed by atoms with E-state index in [0.717, 1.165) is 55.3 Å². The van der Waals surface area contributed by atoms with Crippen LogP contribution < -0.4 is 9.80 Å². The van der Waals surface area contributed by atoms with Crippen LogP contribution in [0.2, 0.25) is 0 Å². The second-order valence-electron chi connectivity index (χ2n) is 9.75. The van der Waals surface area contributed by atoms with Crippen molar-refractivity contribution in [1.82, 2.24) is 29.4 Å². The molecule has 0 saturated carbocycles. The Morgan fingerprint density at radius 3 is 2.69 bits per heavy atom. The van der Waals surface area contributed by atoms with Crippen LogP contribution in [0, 0.1) is 6.92 Å². The first kappa shape index (κ1) is 22.5. The zero-order chi connectivity index (χ0) is 24.6. The molecule has 3 aromatic heterocycles. The molecule has 5 heterocycles. The fraction of sp³-hybridized carbons (Fsp3) is 0.370. The number of anilines is 2. The molecule has 6 rings (SSSR count). The summed E-state index contributed by atoms with van der Waals surface area (Å²) in [5, 5.41) is 0. The van der Waals surface area contributed by atoms with E-state index in [1.165, 1.54) is 16.8 Å². The number of nitrogens with zero attached hydrogens (tertiary/aromatic N) is 8. The minimum Gasteiger partial charge on any atom is -0.367 e. The molecule has 4 aromatic rings. The Labute approximate surface area is 210 Å². The molecule has 1 atom stereocenters. The Morgan fingerprint density at radius 1 is 1.00 bits per heavy atom. The molecule has 1 amide bonds. The summed E-state index contributed by atoms with van der Waals surface area (Å²) >= 11 is 0. The standard InChI is InChI=1S/C27H30N8O/c1-19-13-29-27(30-14-19)33-10-8-21-5-3-7-24(22(21)16-33)32-11-12-35(20(2)15-32)25(36)17-34-18-31-23-6-4-9-28-26(23)34/h3-7,9,13-14,18,20H,8,10-12,15-17H2,1-2H3/t20-/m1/s1. The van der Waals surface area contributed by atoms with Gasteiger partial charge in [-0.2, -0.15) is 0 Å². The molecule has 2 aliphatic rings. The first-order valence-corrected chi connectivity index (χ1v) is 12.5. The predicted octanol–water partition coefficient (Wildman–Crippen LogP) is 2.83. The molecule has 0 spiro atoms. The molecule has 1 aromatic carbocycles. The lowest BCUT2D eigenvalue weighted by Gasteiger charge is -2.42. The summed E-state index contributed by atoms with van der Waals surface area (Å²) in [5.74, 6) is 0.885. The minimum atomic E-state index is 0.102. The summed E-state index contributed by atoms with van der Waals surface area (Å²) in [6.07, 6.45) is 8.17. The van der Waals surface area contributed by atoms with E-state index in [1.807, 2.05) is 40.9 Å². The average molecular weight is 483 g/mol. The van der Waals surface area contributed by atoms with Crippen molar-refractivity contribution in [3.8, 4) is 0 Å². The van der Waals surface area contributed by atoms with E-state index in [1.54, 1.807) is 12.5 Å². The third-order valence-electron chi connectivity index (χ3n) is 7.27. The molecule has 0 N–H and O–H groups in total. The number of aryl methyl sites for hydroxylation is 1. The number of amides is 1. The van der Waals surface area contributed by atoms with Crippen molar-refractivity contribution in [1.29, 1.82) is 0 Å². The molecule has 9 nitrogen and oxygen atoms in total. The van der Waals surface area contributed by atoms with Gasteiger partial charge in [0.15, 0.2) is 5.65 Å². The van der Waals surface area contributed by atoms with Gasteiger partial charge in [-0.25, -0.2) is 19.9 Å². The summed E-state index contributed by atoms with van der Waals surface area (Å²) in [6, 6.07) is 10.5. The molecule has 0 radical (unpaired) electrons. The van der Waals surface area contributed by atoms with Crippen molar-refractivity contribution in [3.63, 3.8) is 0 Å². The van der Waals surface area contributed by atoms with E-state index in [0.29, 0.717) is 6.54 Å². The second-order valence-corrected chi connectivity index (χ2v) is 9.75. The van der Waals surface area contributed by atoms with Crippen molar-refractivity contribution >= 4 is 28.7 Å². The van der Waals surface area contributed by atoms with Crippen LogP contribution in [0.5, 0.6) is 0 Å². The molecule has 184 valence electrons. The summed E-state index contributed by atoms with van der Waals surface area (Å²) in [5.41, 5.74) is 6.61. The number of rotatable bonds is 4. The van der Waals surface area contributed by atoms with Crippen molar-refractivity contribution < 1.29 is 4.79 Å². The second kappa shape index (κ2) is 9.22. The fourth-order valence-corrected chi connectivity index (χ4v) is 5.38. The largest absolute Gasteiger partial charge is 0.367 e. The van der Waals surface area contributed by atoms with Gasteiger partial charge >= 0.3 is 0 Å². The van der Waals surface area contributed by atoms with Crippen molar-refractivity contribution in [2.75, 3.05) is 36.0 Å². The van der Waals surface area contributed by atoms with Gasteiger partial charge in [0.1, 0.15) is 12.1 Å². The van der Waals surface area contributed by atoms with Crippen LogP contribution in [-0.2, 0) is 24.3 Å². The number of pyridine rings is 1. The Bertz CT molecular complexity index is 1400. The maximum Gasteiger partial charge on any atom is 0.242 e. The van der Waals surface area contributed by atoms with Crippen LogP contribution in [-0.4, -0.2) is 67.5 Å². The van der Waals surface area contributed by atoms with E-state index in [9.17, 15) is 4.79 Å². The van der Waals surface area contributed by atoms with Gasteiger partial charge in [-0.3, -0.25) is 4.79 Å². The Balaban J connectivity index is 1.17. The van der Waals surface area contributed by atoms with Gasteiger partial charge in [-0.1, -0.05) is 12.1 Å². The number of piperazine rings is 1. The van der Waals surface area contributed by atoms with E-state index in [4.69, 9.17) is 0 Å². The zero-order valence-electron chi connectivity index (χ0n) is 20.7. The van der Waals surface area contributed by atoms with Gasteiger partial charge in [-0.15, -0.1) is 0 Å². The Kier molecular flexibility index (Phi) is 5.75. The molecule has 36 heavy (non-hydrogen) atoms. The summed E-state index contributed by atoms with van der Waals surface area (Å²) < 4.78 is 1.84. The predicted molar refractivity (Wildman–Crippen MR) is 139 cm³/mol. The highest BCUT2D eigenvalue weighted by Gasteiger charge is 2.30. The maximum atomic E-state index is 13.2. The third kappa shape index (κ3) is 4.14. The molecule has 1 fully saturated rings. The molecule has 0 unspecified atom stereocenters. The maximum absolute atomic E-state index is 13.2. The molecular weight excluding hydrogens is 452 g/mol. The van der Waals surface area contributed by atoms with Crippen LogP contribution in [0.1, 0.15) is 23.6 Å². The van der Waals surface area contributed by atoms with Crippen LogP contribution in [0.4, 0.5) is 11.6 Å². The Morgan fingerprint density at radius 2 is 1.86 bits per heavy atom. The summed E-state index contributed by atoms with van der Waals surface area (Å²) in [6.45, 7) is 8.39. The highest BCUT2D eigenvalue weighted by atomic mass is 16.2. The number of carbonyl (C=O) groups is 1. The number of hydrogen-bond donors (Lipinski definition) is 0. The van der Waals surface area contributed by atoms with Crippen molar-refractivity contribution in [2.24, 2.45) is 0 Å². The number of aromatic nitrogens is 5. The highest BCUT2D eigenvalue weighted by molar-refractivity contribution is 5.79. The topological polar surface area (TPSA) is 83.3 Å². The zero-order valence-corrected chi connectivity index (χ0v) is 20.7. The highest BCUT2D eigenvalue weighted by Crippen LogP contribution is 2.32. The quantitative estimate of drug-likeness (QED) is 0.442. The van der Waals surface area contributed by atoms with Gasteiger partial charge in [0.05, 0.1) is 6.33 Å². The molecule has 0 bridgehead atoms. The summed E-state index contributed by atoms with van der Waals surface area (Å²) in [4.78, 5) is 37.8. The van der Waals surface area contributed by atoms with E-state index < -0.39 is 0 Å². The molecular formula is C27H30N8O. The van der Waals surface area contributed by atoms with Crippen LogP contribution in [0.15, 0.2) is 55.2 Å². The number of imidazole rings is 1. The van der Waals surface area contributed by atoms with Crippen LogP contribution in [0.3, 0.4) is 0 Å². The molecule has 9 heteroatoms. The van der Waals surface area contributed by atoms with Crippen LogP contribution >= 0.6 is 0 Å². The lowest BCUT2D eigenvalue weighted by molar-refractivity contribution is -0.134. The lowest BCUT2D eigenvalue weighted by Crippen LogP contribution is -2.55. The first-order valence-electron chi connectivity index (χ1n) is 12.5. The average Bonchev–Trinajstić information content (AvgIpc) is 3.31.